The summed E-state index contributed by atoms with van der Waals surface area (Å²) in [5.74, 6) is -0.0533. The van der Waals surface area contributed by atoms with Gasteiger partial charge in [0.05, 0.1) is 6.42 Å². The highest BCUT2D eigenvalue weighted by molar-refractivity contribution is 6.25. The molecule has 1 aliphatic rings. The van der Waals surface area contributed by atoms with Crippen molar-refractivity contribution in [3.05, 3.63) is 34.4 Å². The van der Waals surface area contributed by atoms with Crippen molar-refractivity contribution in [3.8, 4) is 0 Å². The number of aryl methyl sites for hydroxylation is 2. The van der Waals surface area contributed by atoms with Crippen LogP contribution < -0.4 is 0 Å². The molecular weight excluding hydrogens is 164 g/mol. The van der Waals surface area contributed by atoms with E-state index in [1.54, 1.807) is 0 Å². The minimum Gasteiger partial charge on any atom is -0.294 e. The van der Waals surface area contributed by atoms with E-state index < -0.39 is 0 Å². The summed E-state index contributed by atoms with van der Waals surface area (Å²) in [6.07, 6.45) is 0.0566. The van der Waals surface area contributed by atoms with Gasteiger partial charge in [0.2, 0.25) is 0 Å². The second kappa shape index (κ2) is 2.52. The SMILES string of the molecule is Cc1ccc(C)c2c1C(=O)CC2=O. The summed E-state index contributed by atoms with van der Waals surface area (Å²) in [6, 6.07) is 3.79. The van der Waals surface area contributed by atoms with E-state index in [0.717, 1.165) is 11.1 Å². The lowest BCUT2D eigenvalue weighted by Gasteiger charge is -2.03. The van der Waals surface area contributed by atoms with Crippen LogP contribution >= 0.6 is 0 Å². The van der Waals surface area contributed by atoms with E-state index in [-0.39, 0.29) is 18.0 Å². The molecule has 13 heavy (non-hydrogen) atoms. The van der Waals surface area contributed by atoms with E-state index in [2.05, 4.69) is 0 Å². The molecule has 0 heterocycles. The molecule has 0 saturated heterocycles. The highest BCUT2D eigenvalue weighted by atomic mass is 16.2. The summed E-state index contributed by atoms with van der Waals surface area (Å²) >= 11 is 0. The summed E-state index contributed by atoms with van der Waals surface area (Å²) in [5.41, 5.74) is 3.11. The zero-order valence-corrected chi connectivity index (χ0v) is 7.68. The van der Waals surface area contributed by atoms with Crippen LogP contribution in [0.5, 0.6) is 0 Å². The summed E-state index contributed by atoms with van der Waals surface area (Å²) in [6.45, 7) is 3.74. The Labute approximate surface area is 76.6 Å². The lowest BCUT2D eigenvalue weighted by Crippen LogP contribution is -1.97. The highest BCUT2D eigenvalue weighted by Crippen LogP contribution is 2.27. The zero-order valence-electron chi connectivity index (χ0n) is 7.68. The molecule has 2 rings (SSSR count). The van der Waals surface area contributed by atoms with Crippen LogP contribution in [0.2, 0.25) is 0 Å². The fourth-order valence-corrected chi connectivity index (χ4v) is 1.85. The first-order chi connectivity index (χ1) is 6.11. The Hall–Kier alpha value is -1.44. The van der Waals surface area contributed by atoms with Crippen LogP contribution in [-0.2, 0) is 0 Å². The van der Waals surface area contributed by atoms with Gasteiger partial charge in [-0.1, -0.05) is 12.1 Å². The van der Waals surface area contributed by atoms with Crippen molar-refractivity contribution >= 4 is 11.6 Å². The summed E-state index contributed by atoms with van der Waals surface area (Å²) in [5, 5.41) is 0. The Morgan fingerprint density at radius 3 is 1.69 bits per heavy atom. The average molecular weight is 174 g/mol. The van der Waals surface area contributed by atoms with Gasteiger partial charge in [0, 0.05) is 11.1 Å². The first kappa shape index (κ1) is 8.17. The summed E-state index contributed by atoms with van der Waals surface area (Å²) < 4.78 is 0. The number of carbonyl (C=O) groups is 2. The van der Waals surface area contributed by atoms with E-state index in [1.807, 2.05) is 26.0 Å². The molecule has 2 nitrogen and oxygen atoms in total. The molecule has 0 atom stereocenters. The van der Waals surface area contributed by atoms with Crippen molar-refractivity contribution in [2.45, 2.75) is 20.3 Å². The summed E-state index contributed by atoms with van der Waals surface area (Å²) in [4.78, 5) is 22.9. The highest BCUT2D eigenvalue weighted by Gasteiger charge is 2.29. The number of hydrogen-bond donors (Lipinski definition) is 0. The van der Waals surface area contributed by atoms with Gasteiger partial charge in [-0.05, 0) is 25.0 Å². The average Bonchev–Trinajstić information content (AvgIpc) is 2.36. The quantitative estimate of drug-likeness (QED) is 0.564. The van der Waals surface area contributed by atoms with Crippen LogP contribution in [0, 0.1) is 13.8 Å². The first-order valence-electron chi connectivity index (χ1n) is 4.28. The van der Waals surface area contributed by atoms with Crippen molar-refractivity contribution in [3.63, 3.8) is 0 Å². The molecular formula is C11H10O2. The molecule has 0 unspecified atom stereocenters. The topological polar surface area (TPSA) is 34.1 Å². The molecule has 2 heteroatoms. The van der Waals surface area contributed by atoms with Crippen LogP contribution in [0.15, 0.2) is 12.1 Å². The lowest BCUT2D eigenvalue weighted by atomic mass is 9.99. The van der Waals surface area contributed by atoms with Crippen molar-refractivity contribution in [2.75, 3.05) is 0 Å². The van der Waals surface area contributed by atoms with Gasteiger partial charge in [0.1, 0.15) is 0 Å². The van der Waals surface area contributed by atoms with Gasteiger partial charge in [-0.3, -0.25) is 9.59 Å². The smallest absolute Gasteiger partial charge is 0.171 e. The van der Waals surface area contributed by atoms with Crippen LogP contribution in [-0.4, -0.2) is 11.6 Å². The van der Waals surface area contributed by atoms with Gasteiger partial charge in [0.15, 0.2) is 11.6 Å². The normalized spacial score (nSPS) is 14.9. The number of Topliss-reactive ketones (excluding diaryl/α,β-unsaturated/α-hetero) is 2. The zero-order chi connectivity index (χ0) is 9.59. The third-order valence-electron chi connectivity index (χ3n) is 2.50. The predicted molar refractivity (Wildman–Crippen MR) is 49.2 cm³/mol. The molecule has 1 aromatic carbocycles. The van der Waals surface area contributed by atoms with Gasteiger partial charge in [-0.25, -0.2) is 0 Å². The van der Waals surface area contributed by atoms with Gasteiger partial charge < -0.3 is 0 Å². The van der Waals surface area contributed by atoms with Gasteiger partial charge in [-0.2, -0.15) is 0 Å². The van der Waals surface area contributed by atoms with Crippen molar-refractivity contribution in [1.29, 1.82) is 0 Å². The Balaban J connectivity index is 2.81. The largest absolute Gasteiger partial charge is 0.294 e. The van der Waals surface area contributed by atoms with Crippen molar-refractivity contribution < 1.29 is 9.59 Å². The molecule has 0 radical (unpaired) electrons. The molecule has 0 N–H and O–H groups in total. The van der Waals surface area contributed by atoms with Gasteiger partial charge >= 0.3 is 0 Å². The standard InChI is InChI=1S/C11H10O2/c1-6-3-4-7(2)11-9(13)5-8(12)10(6)11/h3-4H,5H2,1-2H3. The molecule has 0 aromatic heterocycles. The van der Waals surface area contributed by atoms with E-state index in [0.29, 0.717) is 11.1 Å². The monoisotopic (exact) mass is 174 g/mol. The second-order valence-electron chi connectivity index (χ2n) is 3.47. The fraction of sp³-hybridized carbons (Fsp3) is 0.273. The third kappa shape index (κ3) is 1.02. The third-order valence-corrected chi connectivity index (χ3v) is 2.50. The molecule has 0 fully saturated rings. The first-order valence-corrected chi connectivity index (χ1v) is 4.28. The Bertz CT molecular complexity index is 377. The minimum absolute atomic E-state index is 0.0267. The second-order valence-corrected chi connectivity index (χ2v) is 3.47. The molecule has 1 aromatic rings. The molecule has 0 bridgehead atoms. The van der Waals surface area contributed by atoms with E-state index >= 15 is 0 Å². The van der Waals surface area contributed by atoms with Crippen LogP contribution in [0.4, 0.5) is 0 Å². The molecule has 66 valence electrons. The maximum absolute atomic E-state index is 11.4. The number of benzene rings is 1. The molecule has 0 saturated carbocycles. The summed E-state index contributed by atoms with van der Waals surface area (Å²) in [7, 11) is 0. The van der Waals surface area contributed by atoms with E-state index in [4.69, 9.17) is 0 Å². The maximum atomic E-state index is 11.4. The lowest BCUT2D eigenvalue weighted by molar-refractivity contribution is 0.0923. The van der Waals surface area contributed by atoms with Gasteiger partial charge in [-0.15, -0.1) is 0 Å². The van der Waals surface area contributed by atoms with E-state index in [1.165, 1.54) is 0 Å². The van der Waals surface area contributed by atoms with Crippen molar-refractivity contribution in [1.82, 2.24) is 0 Å². The number of carbonyl (C=O) groups excluding carboxylic acids is 2. The molecule has 0 spiro atoms. The Morgan fingerprint density at radius 1 is 0.923 bits per heavy atom. The van der Waals surface area contributed by atoms with Crippen LogP contribution in [0.25, 0.3) is 0 Å². The minimum atomic E-state index is -0.0267. The van der Waals surface area contributed by atoms with Crippen molar-refractivity contribution in [2.24, 2.45) is 0 Å². The molecule has 1 aliphatic carbocycles. The van der Waals surface area contributed by atoms with Crippen LogP contribution in [0.3, 0.4) is 0 Å². The number of fused-ring (bicyclic) bond motifs is 1. The van der Waals surface area contributed by atoms with Gasteiger partial charge in [0.25, 0.3) is 0 Å². The van der Waals surface area contributed by atoms with E-state index in [9.17, 15) is 9.59 Å². The Kier molecular flexibility index (Phi) is 1.59. The molecule has 0 amide bonds. The Morgan fingerprint density at radius 2 is 1.31 bits per heavy atom. The number of rotatable bonds is 0. The number of hydrogen-bond acceptors (Lipinski definition) is 2. The number of ketones is 2. The van der Waals surface area contributed by atoms with Crippen LogP contribution in [0.1, 0.15) is 38.3 Å². The maximum Gasteiger partial charge on any atom is 0.171 e. The molecule has 0 aliphatic heterocycles. The fourth-order valence-electron chi connectivity index (χ4n) is 1.85. The predicted octanol–water partition coefficient (Wildman–Crippen LogP) is 2.07.